The van der Waals surface area contributed by atoms with Crippen LogP contribution >= 0.6 is 0 Å². The van der Waals surface area contributed by atoms with Crippen LogP contribution in [0.25, 0.3) is 0 Å². The van der Waals surface area contributed by atoms with E-state index < -0.39 is 15.6 Å². The van der Waals surface area contributed by atoms with E-state index >= 15 is 0 Å². The minimum absolute atomic E-state index is 0.203. The molecule has 0 spiro atoms. The number of fused-ring (bicyclic) bond motifs is 1. The van der Waals surface area contributed by atoms with Crippen molar-refractivity contribution in [2.75, 3.05) is 5.43 Å². The van der Waals surface area contributed by atoms with E-state index in [4.69, 9.17) is 0 Å². The van der Waals surface area contributed by atoms with Crippen molar-refractivity contribution in [3.63, 3.8) is 0 Å². The molecular formula is C20H29N3O2S. The van der Waals surface area contributed by atoms with Crippen molar-refractivity contribution in [2.24, 2.45) is 22.4 Å². The molecule has 0 heterocycles. The highest BCUT2D eigenvalue weighted by atomic mass is 32.2. The molecule has 0 aliphatic heterocycles. The first-order valence-electron chi connectivity index (χ1n) is 9.13. The van der Waals surface area contributed by atoms with Crippen LogP contribution in [0.3, 0.4) is 0 Å². The third kappa shape index (κ3) is 3.71. The van der Waals surface area contributed by atoms with E-state index in [1.807, 2.05) is 27.0 Å². The van der Waals surface area contributed by atoms with Crippen LogP contribution in [0.5, 0.6) is 0 Å². The molecule has 6 heteroatoms. The lowest BCUT2D eigenvalue weighted by Crippen LogP contribution is -2.48. The van der Waals surface area contributed by atoms with E-state index in [0.717, 1.165) is 12.3 Å². The fraction of sp³-hybridized carbons (Fsp3) is 0.550. The normalized spacial score (nSPS) is 24.9. The van der Waals surface area contributed by atoms with Crippen LogP contribution in [-0.2, 0) is 10.0 Å². The number of sulfonamides is 1. The van der Waals surface area contributed by atoms with Crippen LogP contribution in [-0.4, -0.2) is 20.2 Å². The summed E-state index contributed by atoms with van der Waals surface area (Å²) >= 11 is 0. The lowest BCUT2D eigenvalue weighted by atomic mass is 9.49. The molecule has 2 unspecified atom stereocenters. The third-order valence-corrected chi connectivity index (χ3v) is 7.34. The summed E-state index contributed by atoms with van der Waals surface area (Å²) in [4.78, 5) is 0.203. The van der Waals surface area contributed by atoms with Gasteiger partial charge in [0.05, 0.1) is 11.9 Å². The Balaban J connectivity index is 1.77. The monoisotopic (exact) mass is 375 g/mol. The molecule has 26 heavy (non-hydrogen) atoms. The van der Waals surface area contributed by atoms with Gasteiger partial charge in [0.15, 0.2) is 0 Å². The maximum absolute atomic E-state index is 12.7. The first-order chi connectivity index (χ1) is 12.0. The van der Waals surface area contributed by atoms with Gasteiger partial charge in [-0.15, -0.1) is 0 Å². The van der Waals surface area contributed by atoms with Crippen LogP contribution in [0.1, 0.15) is 47.5 Å². The van der Waals surface area contributed by atoms with Gasteiger partial charge in [0.2, 0.25) is 10.0 Å². The van der Waals surface area contributed by atoms with Crippen molar-refractivity contribution in [1.82, 2.24) is 4.72 Å². The molecule has 0 saturated heterocycles. The molecular weight excluding hydrogens is 346 g/mol. The lowest BCUT2D eigenvalue weighted by Gasteiger charge is -2.55. The van der Waals surface area contributed by atoms with Crippen molar-refractivity contribution in [1.29, 1.82) is 0 Å². The van der Waals surface area contributed by atoms with Gasteiger partial charge in [0.1, 0.15) is 4.90 Å². The first kappa shape index (κ1) is 19.1. The van der Waals surface area contributed by atoms with Crippen molar-refractivity contribution in [2.45, 2.75) is 57.9 Å². The van der Waals surface area contributed by atoms with Gasteiger partial charge in [-0.05, 0) is 68.6 Å². The number of hydrogen-bond donors (Lipinski definition) is 2. The highest BCUT2D eigenvalue weighted by Gasteiger charge is 2.50. The predicted molar refractivity (Wildman–Crippen MR) is 107 cm³/mol. The van der Waals surface area contributed by atoms with Gasteiger partial charge < -0.3 is 0 Å². The molecule has 1 fully saturated rings. The molecule has 3 aliphatic carbocycles. The second-order valence-electron chi connectivity index (χ2n) is 8.97. The number of hydrogen-bond acceptors (Lipinski definition) is 4. The van der Waals surface area contributed by atoms with Gasteiger partial charge in [-0.1, -0.05) is 32.1 Å². The molecule has 5 nitrogen and oxygen atoms in total. The fourth-order valence-electron chi connectivity index (χ4n) is 3.97. The molecule has 2 bridgehead atoms. The maximum Gasteiger partial charge on any atom is 0.243 e. The number of rotatable bonds is 5. The summed E-state index contributed by atoms with van der Waals surface area (Å²) in [5.41, 5.74) is 4.44. The Kier molecular flexibility index (Phi) is 4.78. The SMILES string of the molecule is CC(C)(C)NS(=O)(=O)c1ccccc1NN=CC1=CCC2CC1C2(C)C. The van der Waals surface area contributed by atoms with E-state index in [2.05, 4.69) is 35.2 Å². The number of para-hydroxylation sites is 1. The molecule has 0 amide bonds. The van der Waals surface area contributed by atoms with E-state index in [0.29, 0.717) is 17.0 Å². The average Bonchev–Trinajstić information content (AvgIpc) is 2.53. The number of hydrazone groups is 1. The van der Waals surface area contributed by atoms with E-state index in [9.17, 15) is 8.42 Å². The maximum atomic E-state index is 12.7. The van der Waals surface area contributed by atoms with Crippen LogP contribution in [0.15, 0.2) is 45.9 Å². The molecule has 0 aromatic heterocycles. The second kappa shape index (κ2) is 6.50. The van der Waals surface area contributed by atoms with Gasteiger partial charge in [0.25, 0.3) is 0 Å². The van der Waals surface area contributed by atoms with Crippen molar-refractivity contribution in [3.05, 3.63) is 35.9 Å². The number of allylic oxidation sites excluding steroid dienone is 2. The lowest BCUT2D eigenvalue weighted by molar-refractivity contribution is -0.00124. The van der Waals surface area contributed by atoms with Gasteiger partial charge in [-0.25, -0.2) is 13.1 Å². The second-order valence-corrected chi connectivity index (χ2v) is 10.6. The Morgan fingerprint density at radius 2 is 1.92 bits per heavy atom. The molecule has 2 N–H and O–H groups in total. The number of benzene rings is 1. The Hall–Kier alpha value is -1.66. The molecule has 142 valence electrons. The van der Waals surface area contributed by atoms with Gasteiger partial charge in [-0.3, -0.25) is 5.43 Å². The fourth-order valence-corrected chi connectivity index (χ4v) is 5.55. The Morgan fingerprint density at radius 3 is 2.54 bits per heavy atom. The van der Waals surface area contributed by atoms with Crippen molar-refractivity contribution in [3.8, 4) is 0 Å². The highest BCUT2D eigenvalue weighted by molar-refractivity contribution is 7.89. The molecule has 2 atom stereocenters. The number of nitrogens with one attached hydrogen (secondary N) is 2. The zero-order chi connectivity index (χ0) is 19.2. The molecule has 1 aromatic rings. The summed E-state index contributed by atoms with van der Waals surface area (Å²) in [5.74, 6) is 1.33. The summed E-state index contributed by atoms with van der Waals surface area (Å²) in [7, 11) is -3.63. The minimum Gasteiger partial charge on any atom is -0.277 e. The van der Waals surface area contributed by atoms with Crippen molar-refractivity contribution < 1.29 is 8.42 Å². The van der Waals surface area contributed by atoms with Gasteiger partial charge >= 0.3 is 0 Å². The summed E-state index contributed by atoms with van der Waals surface area (Å²) in [5, 5.41) is 4.34. The smallest absolute Gasteiger partial charge is 0.243 e. The average molecular weight is 376 g/mol. The quantitative estimate of drug-likeness (QED) is 0.600. The summed E-state index contributed by atoms with van der Waals surface area (Å²) in [6, 6.07) is 6.83. The number of anilines is 1. The van der Waals surface area contributed by atoms with E-state index in [-0.39, 0.29) is 4.90 Å². The predicted octanol–water partition coefficient (Wildman–Crippen LogP) is 4.15. The Bertz CT molecular complexity index is 848. The topological polar surface area (TPSA) is 70.6 Å². The van der Waals surface area contributed by atoms with E-state index in [1.165, 1.54) is 12.0 Å². The molecule has 3 aliphatic rings. The number of nitrogens with zero attached hydrogens (tertiary/aromatic N) is 1. The largest absolute Gasteiger partial charge is 0.277 e. The Morgan fingerprint density at radius 1 is 1.23 bits per heavy atom. The summed E-state index contributed by atoms with van der Waals surface area (Å²) in [6.07, 6.45) is 6.44. The third-order valence-electron chi connectivity index (χ3n) is 5.53. The minimum atomic E-state index is -3.63. The summed E-state index contributed by atoms with van der Waals surface area (Å²) in [6.45, 7) is 10.1. The standard InChI is InChI=1S/C20H29N3O2S/c1-19(2,3)23-26(24,25)18-9-7-6-8-17(18)22-21-13-14-10-11-15-12-16(14)20(15,4)5/h6-10,13,15-16,22-23H,11-12H2,1-5H3. The zero-order valence-electron chi connectivity index (χ0n) is 16.2. The first-order valence-corrected chi connectivity index (χ1v) is 10.6. The van der Waals surface area contributed by atoms with Crippen LogP contribution in [0.2, 0.25) is 0 Å². The highest BCUT2D eigenvalue weighted by Crippen LogP contribution is 2.58. The van der Waals surface area contributed by atoms with Gasteiger partial charge in [0, 0.05) is 5.54 Å². The van der Waals surface area contributed by atoms with E-state index in [1.54, 1.807) is 24.3 Å². The van der Waals surface area contributed by atoms with Crippen LogP contribution in [0.4, 0.5) is 5.69 Å². The summed E-state index contributed by atoms with van der Waals surface area (Å²) < 4.78 is 28.0. The Labute approximate surface area is 157 Å². The van der Waals surface area contributed by atoms with Crippen LogP contribution < -0.4 is 10.1 Å². The molecule has 1 saturated carbocycles. The molecule has 1 aromatic carbocycles. The molecule has 0 radical (unpaired) electrons. The molecule has 4 rings (SSSR count). The van der Waals surface area contributed by atoms with Gasteiger partial charge in [-0.2, -0.15) is 5.10 Å². The zero-order valence-corrected chi connectivity index (χ0v) is 17.0. The van der Waals surface area contributed by atoms with Crippen molar-refractivity contribution >= 4 is 21.9 Å². The van der Waals surface area contributed by atoms with Crippen LogP contribution in [0, 0.1) is 17.3 Å².